The number of carbonyl (C=O) groups excluding carboxylic acids is 1. The Morgan fingerprint density at radius 1 is 1.43 bits per heavy atom. The van der Waals surface area contributed by atoms with Crippen LogP contribution >= 0.6 is 11.3 Å². The summed E-state index contributed by atoms with van der Waals surface area (Å²) in [5.41, 5.74) is 9.06. The van der Waals surface area contributed by atoms with Gasteiger partial charge in [0, 0.05) is 10.9 Å². The van der Waals surface area contributed by atoms with Crippen LogP contribution in [-0.4, -0.2) is 12.5 Å². The van der Waals surface area contributed by atoms with Gasteiger partial charge >= 0.3 is 0 Å². The van der Waals surface area contributed by atoms with Crippen LogP contribution in [0.1, 0.15) is 40.0 Å². The number of carbonyl (C=O) groups is 1. The second-order valence-corrected chi connectivity index (χ2v) is 5.54. The van der Waals surface area contributed by atoms with Crippen LogP contribution in [0.5, 0.6) is 0 Å². The second-order valence-electron chi connectivity index (χ2n) is 4.79. The van der Waals surface area contributed by atoms with E-state index >= 15 is 0 Å². The molecule has 0 saturated heterocycles. The Labute approximate surface area is 129 Å². The maximum absolute atomic E-state index is 12.2. The highest BCUT2D eigenvalue weighted by Gasteiger charge is 2.14. The average molecular weight is 298 g/mol. The molecule has 1 unspecified atom stereocenters. The van der Waals surface area contributed by atoms with Gasteiger partial charge in [-0.25, -0.2) is 0 Å². The molecule has 3 nitrogen and oxygen atoms in total. The van der Waals surface area contributed by atoms with Gasteiger partial charge in [-0.05, 0) is 42.5 Å². The quantitative estimate of drug-likeness (QED) is 0.856. The molecule has 0 saturated carbocycles. The lowest BCUT2D eigenvalue weighted by Crippen LogP contribution is -2.26. The van der Waals surface area contributed by atoms with Crippen molar-refractivity contribution in [2.24, 2.45) is 5.73 Å². The van der Waals surface area contributed by atoms with Crippen molar-refractivity contribution in [2.75, 3.05) is 6.54 Å². The third-order valence-corrected chi connectivity index (χ3v) is 4.03. The maximum atomic E-state index is 12.2. The minimum Gasteiger partial charge on any atom is -0.345 e. The summed E-state index contributed by atoms with van der Waals surface area (Å²) < 4.78 is 0. The molecule has 1 atom stereocenters. The molecule has 0 bridgehead atoms. The Balaban J connectivity index is 2.11. The van der Waals surface area contributed by atoms with Gasteiger partial charge in [0.1, 0.15) is 0 Å². The van der Waals surface area contributed by atoms with E-state index in [-0.39, 0.29) is 11.9 Å². The topological polar surface area (TPSA) is 55.1 Å². The van der Waals surface area contributed by atoms with E-state index in [9.17, 15) is 4.79 Å². The first-order chi connectivity index (χ1) is 10.1. The maximum Gasteiger partial charge on any atom is 0.252 e. The molecule has 1 aromatic heterocycles. The molecular formula is C17H18N2OS. The first-order valence-corrected chi connectivity index (χ1v) is 7.68. The number of nitrogens with two attached hydrogens (primary N) is 1. The molecule has 2 rings (SSSR count). The van der Waals surface area contributed by atoms with Gasteiger partial charge in [-0.2, -0.15) is 11.3 Å². The van der Waals surface area contributed by atoms with E-state index in [4.69, 9.17) is 5.73 Å². The number of rotatable bonds is 3. The molecule has 0 aliphatic carbocycles. The Kier molecular flexibility index (Phi) is 5.15. The van der Waals surface area contributed by atoms with Crippen LogP contribution in [0, 0.1) is 18.8 Å². The van der Waals surface area contributed by atoms with Crippen molar-refractivity contribution in [3.63, 3.8) is 0 Å². The van der Waals surface area contributed by atoms with Crippen molar-refractivity contribution < 1.29 is 4.79 Å². The molecule has 4 heteroatoms. The van der Waals surface area contributed by atoms with Gasteiger partial charge in [0.05, 0.1) is 18.2 Å². The smallest absolute Gasteiger partial charge is 0.252 e. The highest BCUT2D eigenvalue weighted by molar-refractivity contribution is 7.08. The van der Waals surface area contributed by atoms with Gasteiger partial charge in [-0.15, -0.1) is 0 Å². The van der Waals surface area contributed by atoms with Crippen LogP contribution in [-0.2, 0) is 0 Å². The summed E-state index contributed by atoms with van der Waals surface area (Å²) in [4.78, 5) is 12.2. The summed E-state index contributed by atoms with van der Waals surface area (Å²) in [6.45, 7) is 4.25. The normalized spacial score (nSPS) is 11.4. The van der Waals surface area contributed by atoms with Gasteiger partial charge in [-0.1, -0.05) is 24.0 Å². The second kappa shape index (κ2) is 7.07. The fourth-order valence-electron chi connectivity index (χ4n) is 1.99. The van der Waals surface area contributed by atoms with E-state index in [2.05, 4.69) is 17.2 Å². The first-order valence-electron chi connectivity index (χ1n) is 6.74. The van der Waals surface area contributed by atoms with Gasteiger partial charge < -0.3 is 11.1 Å². The van der Waals surface area contributed by atoms with Crippen LogP contribution < -0.4 is 11.1 Å². The zero-order chi connectivity index (χ0) is 15.2. The van der Waals surface area contributed by atoms with Crippen molar-refractivity contribution in [1.82, 2.24) is 5.32 Å². The van der Waals surface area contributed by atoms with Crippen molar-refractivity contribution in [3.05, 3.63) is 57.3 Å². The number of benzene rings is 1. The van der Waals surface area contributed by atoms with Crippen molar-refractivity contribution in [1.29, 1.82) is 0 Å². The highest BCUT2D eigenvalue weighted by atomic mass is 32.1. The molecule has 1 heterocycles. The molecule has 1 aromatic carbocycles. The lowest BCUT2D eigenvalue weighted by molar-refractivity contribution is 0.0940. The van der Waals surface area contributed by atoms with Crippen molar-refractivity contribution in [2.45, 2.75) is 19.9 Å². The molecule has 0 fully saturated rings. The highest BCUT2D eigenvalue weighted by Crippen LogP contribution is 2.17. The van der Waals surface area contributed by atoms with Crippen LogP contribution in [0.2, 0.25) is 0 Å². The zero-order valence-corrected chi connectivity index (χ0v) is 13.0. The number of amides is 1. The third-order valence-electron chi connectivity index (χ3n) is 3.17. The number of aryl methyl sites for hydroxylation is 1. The van der Waals surface area contributed by atoms with Crippen molar-refractivity contribution in [3.8, 4) is 11.8 Å². The summed E-state index contributed by atoms with van der Waals surface area (Å²) in [6, 6.07) is 7.77. The molecule has 21 heavy (non-hydrogen) atoms. The number of hydrogen-bond donors (Lipinski definition) is 2. The van der Waals surface area contributed by atoms with Gasteiger partial charge in [0.15, 0.2) is 0 Å². The van der Waals surface area contributed by atoms with Crippen molar-refractivity contribution >= 4 is 17.2 Å². The Bertz CT molecular complexity index is 694. The van der Waals surface area contributed by atoms with E-state index in [1.807, 2.05) is 48.9 Å². The minimum absolute atomic E-state index is 0.0419. The Morgan fingerprint density at radius 3 is 2.90 bits per heavy atom. The van der Waals surface area contributed by atoms with Gasteiger partial charge in [0.25, 0.3) is 5.91 Å². The van der Waals surface area contributed by atoms with Crippen LogP contribution in [0.15, 0.2) is 35.0 Å². The van der Waals surface area contributed by atoms with E-state index in [0.717, 1.165) is 22.3 Å². The Hall–Kier alpha value is -2.09. The lowest BCUT2D eigenvalue weighted by atomic mass is 10.0. The number of hydrogen-bond acceptors (Lipinski definition) is 3. The number of nitrogens with one attached hydrogen (secondary N) is 1. The molecule has 0 aliphatic heterocycles. The van der Waals surface area contributed by atoms with E-state index in [0.29, 0.717) is 6.54 Å². The predicted molar refractivity (Wildman–Crippen MR) is 87.3 cm³/mol. The predicted octanol–water partition coefficient (Wildman–Crippen LogP) is 2.86. The fourth-order valence-corrected chi connectivity index (χ4v) is 2.82. The fraction of sp³-hybridized carbons (Fsp3) is 0.235. The molecule has 0 spiro atoms. The van der Waals surface area contributed by atoms with E-state index in [1.54, 1.807) is 0 Å². The molecule has 2 aromatic rings. The molecular weight excluding hydrogens is 280 g/mol. The minimum atomic E-state index is -0.0728. The van der Waals surface area contributed by atoms with Gasteiger partial charge in [-0.3, -0.25) is 4.79 Å². The van der Waals surface area contributed by atoms with Crippen LogP contribution in [0.3, 0.4) is 0 Å². The number of thiophene rings is 1. The molecule has 0 aliphatic rings. The summed E-state index contributed by atoms with van der Waals surface area (Å²) in [6.07, 6.45) is 0. The summed E-state index contributed by atoms with van der Waals surface area (Å²) >= 11 is 1.54. The Morgan fingerprint density at radius 2 is 2.24 bits per heavy atom. The molecule has 3 N–H and O–H groups in total. The monoisotopic (exact) mass is 298 g/mol. The average Bonchev–Trinajstić information content (AvgIpc) is 2.91. The van der Waals surface area contributed by atoms with Gasteiger partial charge in [0.2, 0.25) is 0 Å². The lowest BCUT2D eigenvalue weighted by Gasteiger charge is -2.14. The van der Waals surface area contributed by atoms with E-state index < -0.39 is 0 Å². The molecule has 0 radical (unpaired) electrons. The van der Waals surface area contributed by atoms with Crippen LogP contribution in [0.4, 0.5) is 0 Å². The third kappa shape index (κ3) is 3.94. The summed E-state index contributed by atoms with van der Waals surface area (Å²) in [5, 5.41) is 6.87. The first kappa shape index (κ1) is 15.3. The SMILES string of the molecule is Cc1cscc1C(=O)NC(C)c1cccc(C#CCN)c1. The zero-order valence-electron chi connectivity index (χ0n) is 12.1. The summed E-state index contributed by atoms with van der Waals surface area (Å²) in [7, 11) is 0. The largest absolute Gasteiger partial charge is 0.345 e. The summed E-state index contributed by atoms with van der Waals surface area (Å²) in [5.74, 6) is 5.79. The standard InChI is InChI=1S/C17H18N2OS/c1-12-10-21-11-16(12)17(20)19-13(2)15-7-3-5-14(9-15)6-4-8-18/h3,5,7,9-11,13H,8,18H2,1-2H3,(H,19,20). The molecule has 108 valence electrons. The van der Waals surface area contributed by atoms with E-state index in [1.165, 1.54) is 11.3 Å². The molecule has 1 amide bonds. The van der Waals surface area contributed by atoms with Crippen LogP contribution in [0.25, 0.3) is 0 Å².